The molecule has 6 nitrogen and oxygen atoms in total. The Morgan fingerprint density at radius 2 is 2.17 bits per heavy atom. The highest BCUT2D eigenvalue weighted by molar-refractivity contribution is 9.10. The van der Waals surface area contributed by atoms with Gasteiger partial charge in [0.25, 0.3) is 5.91 Å². The monoisotopic (exact) mass is 392 g/mol. The number of benzene rings is 1. The van der Waals surface area contributed by atoms with Crippen molar-refractivity contribution in [2.24, 2.45) is 0 Å². The number of pyridine rings is 1. The molecule has 0 aliphatic heterocycles. The summed E-state index contributed by atoms with van der Waals surface area (Å²) in [4.78, 5) is 20.2. The first-order chi connectivity index (χ1) is 11.1. The molecule has 0 atom stereocenters. The number of carbonyl (C=O) groups excluding carboxylic acids is 1. The summed E-state index contributed by atoms with van der Waals surface area (Å²) in [5.74, 6) is 0.443. The largest absolute Gasteiger partial charge is 0.343 e. The molecule has 116 valence electrons. The number of carbonyl (C=O) groups is 1. The Bertz CT molecular complexity index is 853. The normalized spacial score (nSPS) is 10.5. The first kappa shape index (κ1) is 15.6. The summed E-state index contributed by atoms with van der Waals surface area (Å²) in [6.07, 6.45) is 3.08. The van der Waals surface area contributed by atoms with Crippen LogP contribution in [0.15, 0.2) is 51.7 Å². The molecule has 0 unspecified atom stereocenters. The third-order valence-corrected chi connectivity index (χ3v) is 3.59. The summed E-state index contributed by atoms with van der Waals surface area (Å²) in [5, 5.41) is 7.16. The minimum Gasteiger partial charge on any atom is -0.343 e. The Balaban J connectivity index is 1.67. The van der Waals surface area contributed by atoms with E-state index in [9.17, 15) is 4.79 Å². The van der Waals surface area contributed by atoms with Gasteiger partial charge in [0.2, 0.25) is 11.7 Å². The van der Waals surface area contributed by atoms with Gasteiger partial charge < -0.3 is 9.84 Å². The molecule has 0 spiro atoms. The Morgan fingerprint density at radius 1 is 1.30 bits per heavy atom. The molecule has 2 aromatic heterocycles. The Labute approximate surface area is 145 Å². The van der Waals surface area contributed by atoms with Gasteiger partial charge in [-0.3, -0.25) is 9.78 Å². The molecule has 0 saturated carbocycles. The van der Waals surface area contributed by atoms with Gasteiger partial charge in [-0.2, -0.15) is 4.98 Å². The van der Waals surface area contributed by atoms with Crippen molar-refractivity contribution < 1.29 is 9.32 Å². The van der Waals surface area contributed by atoms with E-state index in [1.54, 1.807) is 30.5 Å². The van der Waals surface area contributed by atoms with Gasteiger partial charge in [-0.05, 0) is 34.1 Å². The van der Waals surface area contributed by atoms with Crippen molar-refractivity contribution in [3.8, 4) is 11.4 Å². The predicted molar refractivity (Wildman–Crippen MR) is 87.9 cm³/mol. The molecular formula is C15H10BrClN4O2. The molecule has 0 saturated heterocycles. The second kappa shape index (κ2) is 6.89. The maximum Gasteiger partial charge on any atom is 0.253 e. The molecule has 0 aliphatic rings. The fraction of sp³-hybridized carbons (Fsp3) is 0.0667. The number of hydrogen-bond acceptors (Lipinski definition) is 5. The molecule has 3 aromatic rings. The fourth-order valence-electron chi connectivity index (χ4n) is 1.87. The lowest BCUT2D eigenvalue weighted by molar-refractivity contribution is 0.0946. The number of halogens is 2. The lowest BCUT2D eigenvalue weighted by Gasteiger charge is -2.01. The Kier molecular flexibility index (Phi) is 4.68. The average Bonchev–Trinajstić information content (AvgIpc) is 3.01. The van der Waals surface area contributed by atoms with E-state index in [1.807, 2.05) is 6.07 Å². The van der Waals surface area contributed by atoms with Crippen LogP contribution in [-0.4, -0.2) is 21.0 Å². The average molecular weight is 394 g/mol. The molecule has 0 bridgehead atoms. The van der Waals surface area contributed by atoms with E-state index in [0.717, 1.165) is 10.0 Å². The van der Waals surface area contributed by atoms with Crippen molar-refractivity contribution in [2.75, 3.05) is 0 Å². The summed E-state index contributed by atoms with van der Waals surface area (Å²) in [7, 11) is 0. The second-order valence-electron chi connectivity index (χ2n) is 4.60. The van der Waals surface area contributed by atoms with Crippen LogP contribution in [0.25, 0.3) is 11.4 Å². The van der Waals surface area contributed by atoms with Gasteiger partial charge in [-0.15, -0.1) is 0 Å². The fourth-order valence-corrected chi connectivity index (χ4v) is 2.42. The van der Waals surface area contributed by atoms with Crippen molar-refractivity contribution in [3.63, 3.8) is 0 Å². The van der Waals surface area contributed by atoms with E-state index >= 15 is 0 Å². The highest BCUT2D eigenvalue weighted by Crippen LogP contribution is 2.19. The summed E-state index contributed by atoms with van der Waals surface area (Å²) >= 11 is 9.20. The second-order valence-corrected chi connectivity index (χ2v) is 5.95. The topological polar surface area (TPSA) is 80.9 Å². The van der Waals surface area contributed by atoms with Crippen molar-refractivity contribution in [1.29, 1.82) is 0 Å². The van der Waals surface area contributed by atoms with Gasteiger partial charge in [-0.25, -0.2) is 0 Å². The van der Waals surface area contributed by atoms with E-state index in [4.69, 9.17) is 16.1 Å². The van der Waals surface area contributed by atoms with E-state index in [-0.39, 0.29) is 12.5 Å². The van der Waals surface area contributed by atoms with E-state index in [2.05, 4.69) is 36.4 Å². The zero-order chi connectivity index (χ0) is 16.2. The minimum atomic E-state index is -0.277. The van der Waals surface area contributed by atoms with Gasteiger partial charge in [-0.1, -0.05) is 28.9 Å². The van der Waals surface area contributed by atoms with Crippen LogP contribution in [0.1, 0.15) is 16.2 Å². The lowest BCUT2D eigenvalue weighted by atomic mass is 10.2. The quantitative estimate of drug-likeness (QED) is 0.734. The number of nitrogens with zero attached hydrogens (tertiary/aromatic N) is 3. The van der Waals surface area contributed by atoms with Gasteiger partial charge in [0, 0.05) is 27.5 Å². The zero-order valence-electron chi connectivity index (χ0n) is 11.7. The number of aromatic nitrogens is 3. The Hall–Kier alpha value is -2.25. The van der Waals surface area contributed by atoms with Gasteiger partial charge in [0.15, 0.2) is 0 Å². The predicted octanol–water partition coefficient (Wildman–Crippen LogP) is 3.48. The molecule has 0 aliphatic carbocycles. The highest BCUT2D eigenvalue weighted by Gasteiger charge is 2.11. The van der Waals surface area contributed by atoms with Crippen molar-refractivity contribution in [3.05, 3.63) is 63.7 Å². The van der Waals surface area contributed by atoms with E-state index in [0.29, 0.717) is 22.3 Å². The SMILES string of the molecule is O=C(NCc1nc(-c2cccc(Cl)c2)no1)c1cncc(Br)c1. The zero-order valence-corrected chi connectivity index (χ0v) is 14.0. The standard InChI is InChI=1S/C15H10BrClN4O2/c16-11-4-10(6-18-7-11)15(22)19-8-13-20-14(21-23-13)9-2-1-3-12(17)5-9/h1-7H,8H2,(H,19,22). The minimum absolute atomic E-state index is 0.124. The summed E-state index contributed by atoms with van der Waals surface area (Å²) in [6.45, 7) is 0.124. The van der Waals surface area contributed by atoms with Crippen molar-refractivity contribution >= 4 is 33.4 Å². The van der Waals surface area contributed by atoms with Gasteiger partial charge >= 0.3 is 0 Å². The first-order valence-electron chi connectivity index (χ1n) is 6.59. The van der Waals surface area contributed by atoms with Crippen molar-refractivity contribution in [1.82, 2.24) is 20.4 Å². The van der Waals surface area contributed by atoms with Crippen LogP contribution >= 0.6 is 27.5 Å². The van der Waals surface area contributed by atoms with Crippen molar-refractivity contribution in [2.45, 2.75) is 6.54 Å². The summed E-state index contributed by atoms with van der Waals surface area (Å²) in [5.41, 5.74) is 1.18. The van der Waals surface area contributed by atoms with Crippen LogP contribution < -0.4 is 5.32 Å². The summed E-state index contributed by atoms with van der Waals surface area (Å²) < 4.78 is 5.85. The molecule has 0 fully saturated rings. The van der Waals surface area contributed by atoms with Gasteiger partial charge in [0.05, 0.1) is 12.1 Å². The molecule has 23 heavy (non-hydrogen) atoms. The van der Waals surface area contributed by atoms with Crippen LogP contribution in [0.2, 0.25) is 5.02 Å². The molecule has 2 heterocycles. The molecule has 1 N–H and O–H groups in total. The van der Waals surface area contributed by atoms with Crippen LogP contribution in [0.4, 0.5) is 0 Å². The highest BCUT2D eigenvalue weighted by atomic mass is 79.9. The van der Waals surface area contributed by atoms with Crippen LogP contribution in [0.3, 0.4) is 0 Å². The lowest BCUT2D eigenvalue weighted by Crippen LogP contribution is -2.23. The third kappa shape index (κ3) is 3.94. The molecule has 8 heteroatoms. The molecule has 1 amide bonds. The Morgan fingerprint density at radius 3 is 2.96 bits per heavy atom. The number of amides is 1. The first-order valence-corrected chi connectivity index (χ1v) is 7.76. The van der Waals surface area contributed by atoms with Crippen LogP contribution in [0.5, 0.6) is 0 Å². The third-order valence-electron chi connectivity index (χ3n) is 2.92. The van der Waals surface area contributed by atoms with Crippen LogP contribution in [-0.2, 0) is 6.54 Å². The van der Waals surface area contributed by atoms with E-state index in [1.165, 1.54) is 6.20 Å². The van der Waals surface area contributed by atoms with Gasteiger partial charge in [0.1, 0.15) is 0 Å². The molecular weight excluding hydrogens is 384 g/mol. The van der Waals surface area contributed by atoms with Crippen LogP contribution in [0, 0.1) is 0 Å². The molecule has 1 aromatic carbocycles. The maximum absolute atomic E-state index is 12.0. The number of rotatable bonds is 4. The number of hydrogen-bond donors (Lipinski definition) is 1. The number of nitrogens with one attached hydrogen (secondary N) is 1. The van der Waals surface area contributed by atoms with E-state index < -0.39 is 0 Å². The smallest absolute Gasteiger partial charge is 0.253 e. The summed E-state index contributed by atoms with van der Waals surface area (Å²) in [6, 6.07) is 8.80. The molecule has 0 radical (unpaired) electrons. The molecule has 3 rings (SSSR count). The maximum atomic E-state index is 12.0.